The number of rotatable bonds is 2. The van der Waals surface area contributed by atoms with E-state index in [9.17, 15) is 5.11 Å². The molecule has 0 saturated carbocycles. The Bertz CT molecular complexity index is 421. The molecule has 0 fully saturated rings. The van der Waals surface area contributed by atoms with Crippen LogP contribution in [-0.2, 0) is 0 Å². The summed E-state index contributed by atoms with van der Waals surface area (Å²) >= 11 is 0. The minimum atomic E-state index is -0.0223. The van der Waals surface area contributed by atoms with Crippen molar-refractivity contribution in [2.24, 2.45) is 11.0 Å². The number of hydrazone groups is 1. The van der Waals surface area contributed by atoms with Crippen LogP contribution in [0.2, 0.25) is 0 Å². The first-order chi connectivity index (χ1) is 7.66. The van der Waals surface area contributed by atoms with Crippen molar-refractivity contribution in [3.05, 3.63) is 35.9 Å². The Kier molecular flexibility index (Phi) is 3.04. The molecular formula is C13H16N2O. The van der Waals surface area contributed by atoms with Crippen molar-refractivity contribution in [3.63, 3.8) is 0 Å². The van der Waals surface area contributed by atoms with E-state index in [1.807, 2.05) is 41.2 Å². The molecule has 1 atom stereocenters. The lowest BCUT2D eigenvalue weighted by Gasteiger charge is -2.08. The van der Waals surface area contributed by atoms with Crippen LogP contribution in [0, 0.1) is 5.92 Å². The topological polar surface area (TPSA) is 38.4 Å². The minimum Gasteiger partial charge on any atom is -0.857 e. The Hall–Kier alpha value is -1.64. The van der Waals surface area contributed by atoms with E-state index in [1.165, 1.54) is 0 Å². The summed E-state index contributed by atoms with van der Waals surface area (Å²) in [4.78, 5) is 0. The number of hydrogen-bond acceptors (Lipinski definition) is 2. The van der Waals surface area contributed by atoms with E-state index in [4.69, 9.17) is 0 Å². The Balaban J connectivity index is 2.28. The summed E-state index contributed by atoms with van der Waals surface area (Å²) in [6.07, 6.45) is 2.47. The predicted molar refractivity (Wildman–Crippen MR) is 62.5 cm³/mol. The Morgan fingerprint density at radius 3 is 2.69 bits per heavy atom. The molecule has 16 heavy (non-hydrogen) atoms. The summed E-state index contributed by atoms with van der Waals surface area (Å²) in [5, 5.41) is 15.4. The SMILES string of the molecule is CC(C)[C@@H]1CC([O-])=N/[N+]1=C\c1ccccc1. The highest BCUT2D eigenvalue weighted by atomic mass is 16.3. The van der Waals surface area contributed by atoms with Gasteiger partial charge in [-0.3, -0.25) is 0 Å². The maximum atomic E-state index is 11.3. The summed E-state index contributed by atoms with van der Waals surface area (Å²) in [5.74, 6) is 0.404. The molecule has 0 aromatic heterocycles. The molecule has 84 valence electrons. The van der Waals surface area contributed by atoms with Crippen LogP contribution in [0.5, 0.6) is 0 Å². The summed E-state index contributed by atoms with van der Waals surface area (Å²) in [5.41, 5.74) is 1.08. The zero-order valence-electron chi connectivity index (χ0n) is 9.63. The molecule has 0 amide bonds. The second kappa shape index (κ2) is 4.47. The van der Waals surface area contributed by atoms with Gasteiger partial charge in [-0.25, -0.2) is 0 Å². The van der Waals surface area contributed by atoms with E-state index in [-0.39, 0.29) is 11.9 Å². The van der Waals surface area contributed by atoms with E-state index in [0.29, 0.717) is 12.3 Å². The van der Waals surface area contributed by atoms with Crippen molar-refractivity contribution in [3.8, 4) is 0 Å². The van der Waals surface area contributed by atoms with Gasteiger partial charge < -0.3 is 5.11 Å². The smallest absolute Gasteiger partial charge is 0.203 e. The second-order valence-electron chi connectivity index (χ2n) is 4.43. The molecule has 1 aliphatic rings. The predicted octanol–water partition coefficient (Wildman–Crippen LogP) is 1.22. The first-order valence-electron chi connectivity index (χ1n) is 5.59. The molecule has 3 nitrogen and oxygen atoms in total. The summed E-state index contributed by atoms with van der Waals surface area (Å²) < 4.78 is 1.81. The van der Waals surface area contributed by atoms with Crippen molar-refractivity contribution in [2.75, 3.05) is 0 Å². The molecule has 0 bridgehead atoms. The Morgan fingerprint density at radius 2 is 2.06 bits per heavy atom. The largest absolute Gasteiger partial charge is 0.857 e. The van der Waals surface area contributed by atoms with Gasteiger partial charge in [-0.2, -0.15) is 0 Å². The zero-order chi connectivity index (χ0) is 11.5. The third-order valence-electron chi connectivity index (χ3n) is 2.80. The van der Waals surface area contributed by atoms with Crippen LogP contribution in [0.3, 0.4) is 0 Å². The molecule has 1 aromatic carbocycles. The van der Waals surface area contributed by atoms with Crippen LogP contribution >= 0.6 is 0 Å². The molecule has 0 unspecified atom stereocenters. The first-order valence-corrected chi connectivity index (χ1v) is 5.59. The quantitative estimate of drug-likeness (QED) is 0.685. The van der Waals surface area contributed by atoms with E-state index in [1.54, 1.807) is 0 Å². The highest BCUT2D eigenvalue weighted by Crippen LogP contribution is 2.16. The maximum Gasteiger partial charge on any atom is 0.203 e. The Morgan fingerprint density at radius 1 is 1.38 bits per heavy atom. The van der Waals surface area contributed by atoms with Gasteiger partial charge in [-0.05, 0) is 17.2 Å². The number of benzene rings is 1. The fraction of sp³-hybridized carbons (Fsp3) is 0.385. The maximum absolute atomic E-state index is 11.3. The van der Waals surface area contributed by atoms with Crippen molar-refractivity contribution < 1.29 is 9.79 Å². The lowest BCUT2D eigenvalue weighted by atomic mass is 10.0. The van der Waals surface area contributed by atoms with Crippen LogP contribution < -0.4 is 5.11 Å². The molecule has 0 radical (unpaired) electrons. The van der Waals surface area contributed by atoms with Crippen molar-refractivity contribution in [1.29, 1.82) is 0 Å². The van der Waals surface area contributed by atoms with Crippen LogP contribution in [0.4, 0.5) is 0 Å². The van der Waals surface area contributed by atoms with Crippen molar-refractivity contribution in [2.45, 2.75) is 26.3 Å². The highest BCUT2D eigenvalue weighted by molar-refractivity contribution is 5.77. The summed E-state index contributed by atoms with van der Waals surface area (Å²) in [7, 11) is 0. The van der Waals surface area contributed by atoms with Gasteiger partial charge in [-0.1, -0.05) is 36.7 Å². The van der Waals surface area contributed by atoms with Gasteiger partial charge in [0.2, 0.25) is 6.21 Å². The molecule has 1 aromatic rings. The lowest BCUT2D eigenvalue weighted by molar-refractivity contribution is -0.564. The van der Waals surface area contributed by atoms with Crippen LogP contribution in [0.1, 0.15) is 25.8 Å². The van der Waals surface area contributed by atoms with Gasteiger partial charge in [0.1, 0.15) is 0 Å². The van der Waals surface area contributed by atoms with E-state index in [2.05, 4.69) is 18.9 Å². The molecular weight excluding hydrogens is 200 g/mol. The van der Waals surface area contributed by atoms with Gasteiger partial charge in [0.25, 0.3) is 0 Å². The molecule has 3 heteroatoms. The first kappa shape index (κ1) is 10.9. The van der Waals surface area contributed by atoms with Crippen LogP contribution in [-0.4, -0.2) is 22.8 Å². The number of nitrogens with zero attached hydrogens (tertiary/aromatic N) is 2. The normalized spacial score (nSPS) is 22.8. The van der Waals surface area contributed by atoms with Crippen LogP contribution in [0.25, 0.3) is 0 Å². The molecule has 1 heterocycles. The standard InChI is InChI=1S/C13H16N2O/c1-10(2)12-8-13(16)14-15(12)9-11-6-4-3-5-7-11/h3-7,9-10,12H,8H2,1-2H3/b15-9-/t12-/m0/s1. The molecule has 1 aliphatic heterocycles. The van der Waals surface area contributed by atoms with E-state index >= 15 is 0 Å². The van der Waals surface area contributed by atoms with E-state index in [0.717, 1.165) is 5.56 Å². The second-order valence-corrected chi connectivity index (χ2v) is 4.43. The fourth-order valence-corrected chi connectivity index (χ4v) is 1.87. The molecule has 0 aliphatic carbocycles. The number of hydrogen-bond donors (Lipinski definition) is 0. The highest BCUT2D eigenvalue weighted by Gasteiger charge is 2.30. The zero-order valence-corrected chi connectivity index (χ0v) is 9.63. The summed E-state index contributed by atoms with van der Waals surface area (Å²) in [6.45, 7) is 4.23. The lowest BCUT2D eigenvalue weighted by Crippen LogP contribution is -2.26. The van der Waals surface area contributed by atoms with E-state index < -0.39 is 0 Å². The van der Waals surface area contributed by atoms with Crippen molar-refractivity contribution >= 4 is 12.1 Å². The van der Waals surface area contributed by atoms with Gasteiger partial charge in [0.05, 0.1) is 0 Å². The molecule has 0 spiro atoms. The third-order valence-corrected chi connectivity index (χ3v) is 2.80. The van der Waals surface area contributed by atoms with Gasteiger partial charge in [0.15, 0.2) is 6.04 Å². The molecule has 2 rings (SSSR count). The molecule has 0 saturated heterocycles. The Labute approximate surface area is 95.7 Å². The van der Waals surface area contributed by atoms with Crippen LogP contribution in [0.15, 0.2) is 35.4 Å². The third kappa shape index (κ3) is 2.30. The van der Waals surface area contributed by atoms with Gasteiger partial charge in [-0.15, -0.1) is 0 Å². The average Bonchev–Trinajstić information content (AvgIpc) is 2.61. The molecule has 0 N–H and O–H groups in total. The van der Waals surface area contributed by atoms with Gasteiger partial charge >= 0.3 is 0 Å². The average molecular weight is 216 g/mol. The minimum absolute atomic E-state index is 0.0223. The fourth-order valence-electron chi connectivity index (χ4n) is 1.87. The van der Waals surface area contributed by atoms with Crippen molar-refractivity contribution in [1.82, 2.24) is 0 Å². The monoisotopic (exact) mass is 216 g/mol. The summed E-state index contributed by atoms with van der Waals surface area (Å²) in [6, 6.07) is 10.2. The van der Waals surface area contributed by atoms with Gasteiger partial charge in [0, 0.05) is 23.8 Å².